The molecule has 0 radical (unpaired) electrons. The van der Waals surface area contributed by atoms with E-state index in [1.54, 1.807) is 21.2 Å². The highest BCUT2D eigenvalue weighted by Crippen LogP contribution is 2.21. The van der Waals surface area contributed by atoms with Crippen molar-refractivity contribution in [2.75, 3.05) is 12.3 Å². The summed E-state index contributed by atoms with van der Waals surface area (Å²) in [7, 11) is 1.85. The van der Waals surface area contributed by atoms with Gasteiger partial charge in [-0.2, -0.15) is 15.0 Å². The maximum Gasteiger partial charge on any atom is 0.209 e. The summed E-state index contributed by atoms with van der Waals surface area (Å²) < 4.78 is 1.69. The van der Waals surface area contributed by atoms with Crippen LogP contribution < -0.4 is 5.32 Å². The first kappa shape index (κ1) is 21.2. The van der Waals surface area contributed by atoms with Crippen LogP contribution in [0.4, 0.5) is 0 Å². The summed E-state index contributed by atoms with van der Waals surface area (Å²) in [6.45, 7) is 4.34. The highest BCUT2D eigenvalue weighted by Gasteiger charge is 2.13. The summed E-state index contributed by atoms with van der Waals surface area (Å²) in [5.74, 6) is 0.951. The molecule has 0 saturated heterocycles. The maximum absolute atomic E-state index is 4.81. The van der Waals surface area contributed by atoms with Crippen molar-refractivity contribution in [2.24, 2.45) is 7.05 Å². The molecule has 160 valence electrons. The summed E-state index contributed by atoms with van der Waals surface area (Å²) in [6, 6.07) is 18.6. The fraction of sp³-hybridized carbons (Fsp3) is 0.318. The molecule has 2 heterocycles. The minimum Gasteiger partial charge on any atom is -0.311 e. The van der Waals surface area contributed by atoms with Crippen molar-refractivity contribution < 1.29 is 0 Å². The quantitative estimate of drug-likeness (QED) is 0.303. The summed E-state index contributed by atoms with van der Waals surface area (Å²) in [5.41, 5.74) is 5.45. The van der Waals surface area contributed by atoms with Crippen molar-refractivity contribution in [1.29, 1.82) is 0 Å². The van der Waals surface area contributed by atoms with E-state index < -0.39 is 0 Å². The van der Waals surface area contributed by atoms with Gasteiger partial charge in [-0.3, -0.25) is 0 Å². The van der Waals surface area contributed by atoms with Gasteiger partial charge in [0.2, 0.25) is 5.16 Å². The Morgan fingerprint density at radius 3 is 2.58 bits per heavy atom. The van der Waals surface area contributed by atoms with E-state index in [0.29, 0.717) is 13.1 Å². The minimum atomic E-state index is 0.662. The number of aromatic nitrogens is 7. The number of hydrogen-bond acceptors (Lipinski definition) is 7. The molecule has 2 aromatic heterocycles. The molecule has 0 aliphatic rings. The largest absolute Gasteiger partial charge is 0.311 e. The van der Waals surface area contributed by atoms with Crippen LogP contribution in [0.2, 0.25) is 0 Å². The Morgan fingerprint density at radius 1 is 1.00 bits per heavy atom. The molecule has 8 nitrogen and oxygen atoms in total. The Balaban J connectivity index is 1.39. The topological polar surface area (TPSA) is 86.3 Å². The van der Waals surface area contributed by atoms with Crippen molar-refractivity contribution in [3.8, 4) is 11.3 Å². The molecule has 4 rings (SSSR count). The van der Waals surface area contributed by atoms with Crippen molar-refractivity contribution in [3.63, 3.8) is 0 Å². The second-order valence-electron chi connectivity index (χ2n) is 7.28. The SMILES string of the molecule is Cc1ccccc1Cn1nc(CNCCCSc2nnnn2C)c(-c2ccccc2)n1. The summed E-state index contributed by atoms with van der Waals surface area (Å²) in [5, 5.41) is 25.5. The van der Waals surface area contributed by atoms with Crippen LogP contribution in [0.3, 0.4) is 0 Å². The van der Waals surface area contributed by atoms with E-state index >= 15 is 0 Å². The predicted molar refractivity (Wildman–Crippen MR) is 122 cm³/mol. The van der Waals surface area contributed by atoms with Gasteiger partial charge < -0.3 is 5.32 Å². The van der Waals surface area contributed by atoms with Crippen LogP contribution in [0.15, 0.2) is 59.8 Å². The first-order chi connectivity index (χ1) is 15.2. The van der Waals surface area contributed by atoms with Gasteiger partial charge in [0.15, 0.2) is 0 Å². The first-order valence-electron chi connectivity index (χ1n) is 10.3. The normalized spacial score (nSPS) is 11.2. The van der Waals surface area contributed by atoms with Crippen LogP contribution in [0.1, 0.15) is 23.2 Å². The van der Waals surface area contributed by atoms with Crippen LogP contribution in [0, 0.1) is 6.92 Å². The second kappa shape index (κ2) is 10.3. The number of aryl methyl sites for hydroxylation is 2. The zero-order chi connectivity index (χ0) is 21.5. The molecule has 9 heteroatoms. The zero-order valence-corrected chi connectivity index (χ0v) is 18.6. The van der Waals surface area contributed by atoms with Crippen molar-refractivity contribution in [1.82, 2.24) is 40.5 Å². The average Bonchev–Trinajstić information content (AvgIpc) is 3.38. The number of hydrogen-bond donors (Lipinski definition) is 1. The number of tetrazole rings is 1. The molecular formula is C22H26N8S. The van der Waals surface area contributed by atoms with Crippen LogP contribution in [0.5, 0.6) is 0 Å². The fourth-order valence-corrected chi connectivity index (χ4v) is 4.03. The van der Waals surface area contributed by atoms with E-state index in [-0.39, 0.29) is 0 Å². The second-order valence-corrected chi connectivity index (χ2v) is 8.34. The van der Waals surface area contributed by atoms with Gasteiger partial charge in [0.1, 0.15) is 11.4 Å². The lowest BCUT2D eigenvalue weighted by Crippen LogP contribution is -2.16. The molecule has 4 aromatic rings. The third kappa shape index (κ3) is 5.56. The number of benzene rings is 2. The van der Waals surface area contributed by atoms with E-state index in [9.17, 15) is 0 Å². The summed E-state index contributed by atoms with van der Waals surface area (Å²) in [6.07, 6.45) is 1.01. The third-order valence-corrected chi connectivity index (χ3v) is 6.04. The molecule has 0 saturated carbocycles. The third-order valence-electron chi connectivity index (χ3n) is 4.95. The molecule has 0 fully saturated rings. The maximum atomic E-state index is 4.81. The molecule has 1 N–H and O–H groups in total. The van der Waals surface area contributed by atoms with E-state index in [4.69, 9.17) is 10.2 Å². The number of nitrogens with zero attached hydrogens (tertiary/aromatic N) is 7. The predicted octanol–water partition coefficient (Wildman–Crippen LogP) is 3.10. The van der Waals surface area contributed by atoms with Gasteiger partial charge in [-0.1, -0.05) is 66.4 Å². The highest BCUT2D eigenvalue weighted by atomic mass is 32.2. The zero-order valence-electron chi connectivity index (χ0n) is 17.8. The minimum absolute atomic E-state index is 0.662. The molecule has 31 heavy (non-hydrogen) atoms. The van der Waals surface area contributed by atoms with Crippen LogP contribution >= 0.6 is 11.8 Å². The Kier molecular flexibility index (Phi) is 7.06. The van der Waals surface area contributed by atoms with Crippen molar-refractivity contribution in [2.45, 2.75) is 31.6 Å². The van der Waals surface area contributed by atoms with Crippen molar-refractivity contribution in [3.05, 3.63) is 71.4 Å². The summed E-state index contributed by atoms with van der Waals surface area (Å²) >= 11 is 1.66. The first-order valence-corrected chi connectivity index (χ1v) is 11.3. The Labute approximate surface area is 186 Å². The van der Waals surface area contributed by atoms with Gasteiger partial charge in [0, 0.05) is 24.9 Å². The molecule has 0 spiro atoms. The molecule has 0 bridgehead atoms. The lowest BCUT2D eigenvalue weighted by molar-refractivity contribution is 0.575. The molecule has 0 atom stereocenters. The molecule has 0 amide bonds. The van der Waals surface area contributed by atoms with Gasteiger partial charge >= 0.3 is 0 Å². The van der Waals surface area contributed by atoms with Gasteiger partial charge in [-0.25, -0.2) is 4.68 Å². The lowest BCUT2D eigenvalue weighted by Gasteiger charge is -2.04. The lowest BCUT2D eigenvalue weighted by atomic mass is 10.1. The Bertz CT molecular complexity index is 1110. The molecule has 0 unspecified atom stereocenters. The molecular weight excluding hydrogens is 408 g/mol. The van der Waals surface area contributed by atoms with E-state index in [1.165, 1.54) is 11.1 Å². The Hall–Kier alpha value is -3.04. The smallest absolute Gasteiger partial charge is 0.209 e. The van der Waals surface area contributed by atoms with E-state index in [0.717, 1.165) is 40.8 Å². The van der Waals surface area contributed by atoms with Crippen LogP contribution in [0.25, 0.3) is 11.3 Å². The number of rotatable bonds is 10. The average molecular weight is 435 g/mol. The van der Waals surface area contributed by atoms with Gasteiger partial charge in [-0.15, -0.1) is 5.10 Å². The molecule has 2 aromatic carbocycles. The standard InChI is InChI=1S/C22H26N8S/c1-17-9-6-7-12-19(17)16-30-25-20(21(26-30)18-10-4-3-5-11-18)15-23-13-8-14-31-22-24-27-28-29(22)2/h3-7,9-12,23H,8,13-16H2,1-2H3. The monoisotopic (exact) mass is 434 g/mol. The van der Waals surface area contributed by atoms with E-state index in [2.05, 4.69) is 64.2 Å². The molecule has 0 aliphatic heterocycles. The molecule has 0 aliphatic carbocycles. The van der Waals surface area contributed by atoms with Gasteiger partial charge in [-0.05, 0) is 41.4 Å². The van der Waals surface area contributed by atoms with Gasteiger partial charge in [0.25, 0.3) is 0 Å². The fourth-order valence-electron chi connectivity index (χ4n) is 3.24. The van der Waals surface area contributed by atoms with Crippen molar-refractivity contribution >= 4 is 11.8 Å². The highest BCUT2D eigenvalue weighted by molar-refractivity contribution is 7.99. The number of nitrogens with one attached hydrogen (secondary N) is 1. The Morgan fingerprint density at radius 2 is 1.81 bits per heavy atom. The van der Waals surface area contributed by atoms with Gasteiger partial charge in [0.05, 0.1) is 6.54 Å². The summed E-state index contributed by atoms with van der Waals surface area (Å²) in [4.78, 5) is 1.80. The van der Waals surface area contributed by atoms with Crippen LogP contribution in [-0.4, -0.2) is 47.5 Å². The number of thioether (sulfide) groups is 1. The van der Waals surface area contributed by atoms with E-state index in [1.807, 2.05) is 25.2 Å². The van der Waals surface area contributed by atoms with Crippen LogP contribution in [-0.2, 0) is 20.1 Å².